The van der Waals surface area contributed by atoms with Crippen LogP contribution in [-0.4, -0.2) is 33.9 Å². The SMILES string of the molecule is COc1cccc(F)c1C(=O)n1nc(-c2ccc(C(=O)O)cc2F)c2c(F)cccc21. The van der Waals surface area contributed by atoms with Gasteiger partial charge in [0.1, 0.15) is 34.5 Å². The number of nitrogens with zero attached hydrogens (tertiary/aromatic N) is 2. The third-order valence-electron chi connectivity index (χ3n) is 4.73. The molecule has 0 saturated heterocycles. The summed E-state index contributed by atoms with van der Waals surface area (Å²) in [6.07, 6.45) is 0. The molecule has 3 aromatic carbocycles. The van der Waals surface area contributed by atoms with Crippen molar-refractivity contribution in [3.63, 3.8) is 0 Å². The van der Waals surface area contributed by atoms with Crippen LogP contribution < -0.4 is 4.74 Å². The number of hydrogen-bond donors (Lipinski definition) is 1. The van der Waals surface area contributed by atoms with Crippen molar-refractivity contribution in [1.82, 2.24) is 9.78 Å². The second kappa shape index (κ2) is 7.60. The van der Waals surface area contributed by atoms with Crippen LogP contribution in [0.15, 0.2) is 54.6 Å². The fraction of sp³-hybridized carbons (Fsp3) is 0.0455. The molecule has 0 aliphatic rings. The van der Waals surface area contributed by atoms with Crippen LogP contribution >= 0.6 is 0 Å². The van der Waals surface area contributed by atoms with Gasteiger partial charge in [0.25, 0.3) is 5.91 Å². The predicted molar refractivity (Wildman–Crippen MR) is 105 cm³/mol. The van der Waals surface area contributed by atoms with Gasteiger partial charge in [0, 0.05) is 5.56 Å². The Bertz CT molecular complexity index is 1360. The number of fused-ring (bicyclic) bond motifs is 1. The Morgan fingerprint density at radius 1 is 0.968 bits per heavy atom. The van der Waals surface area contributed by atoms with Crippen LogP contribution in [0.5, 0.6) is 5.75 Å². The number of hydrogen-bond acceptors (Lipinski definition) is 4. The molecule has 0 radical (unpaired) electrons. The van der Waals surface area contributed by atoms with Crippen molar-refractivity contribution in [3.05, 3.63) is 83.2 Å². The zero-order valence-electron chi connectivity index (χ0n) is 15.9. The highest BCUT2D eigenvalue weighted by Gasteiger charge is 2.26. The molecule has 0 aliphatic heterocycles. The number of carbonyl (C=O) groups is 2. The maximum absolute atomic E-state index is 14.7. The van der Waals surface area contributed by atoms with Crippen LogP contribution in [0.1, 0.15) is 20.7 Å². The number of carbonyl (C=O) groups excluding carboxylic acids is 1. The highest BCUT2D eigenvalue weighted by Crippen LogP contribution is 2.33. The summed E-state index contributed by atoms with van der Waals surface area (Å²) in [5, 5.41) is 12.9. The van der Waals surface area contributed by atoms with Crippen molar-refractivity contribution < 1.29 is 32.6 Å². The topological polar surface area (TPSA) is 81.4 Å². The fourth-order valence-electron chi connectivity index (χ4n) is 3.30. The lowest BCUT2D eigenvalue weighted by Gasteiger charge is -2.09. The monoisotopic (exact) mass is 426 g/mol. The van der Waals surface area contributed by atoms with Crippen molar-refractivity contribution in [2.45, 2.75) is 0 Å². The predicted octanol–water partition coefficient (Wildman–Crippen LogP) is 4.52. The minimum Gasteiger partial charge on any atom is -0.496 e. The van der Waals surface area contributed by atoms with E-state index in [1.54, 1.807) is 0 Å². The first-order valence-corrected chi connectivity index (χ1v) is 8.91. The van der Waals surface area contributed by atoms with Gasteiger partial charge in [-0.1, -0.05) is 12.1 Å². The second-order valence-electron chi connectivity index (χ2n) is 6.52. The van der Waals surface area contributed by atoms with Crippen molar-refractivity contribution in [2.24, 2.45) is 0 Å². The Kier molecular flexibility index (Phi) is 4.94. The Morgan fingerprint density at radius 2 is 1.68 bits per heavy atom. The molecule has 1 N–H and O–H groups in total. The number of benzene rings is 3. The normalized spacial score (nSPS) is 11.0. The number of carboxylic acid groups (broad SMARTS) is 1. The fourth-order valence-corrected chi connectivity index (χ4v) is 3.30. The highest BCUT2D eigenvalue weighted by molar-refractivity contribution is 6.06. The average Bonchev–Trinajstić information content (AvgIpc) is 3.13. The summed E-state index contributed by atoms with van der Waals surface area (Å²) < 4.78 is 49.6. The Labute approximate surface area is 173 Å². The zero-order chi connectivity index (χ0) is 22.3. The van der Waals surface area contributed by atoms with E-state index in [1.807, 2.05) is 0 Å². The van der Waals surface area contributed by atoms with E-state index < -0.39 is 34.9 Å². The minimum absolute atomic E-state index is 0.0213. The molecule has 0 fully saturated rings. The minimum atomic E-state index is -1.34. The summed E-state index contributed by atoms with van der Waals surface area (Å²) in [7, 11) is 1.26. The van der Waals surface area contributed by atoms with Gasteiger partial charge >= 0.3 is 5.97 Å². The van der Waals surface area contributed by atoms with Crippen molar-refractivity contribution in [3.8, 4) is 17.0 Å². The second-order valence-corrected chi connectivity index (χ2v) is 6.52. The van der Waals surface area contributed by atoms with Gasteiger partial charge in [-0.2, -0.15) is 9.78 Å². The van der Waals surface area contributed by atoms with E-state index in [0.717, 1.165) is 35.0 Å². The van der Waals surface area contributed by atoms with E-state index in [0.29, 0.717) is 0 Å². The van der Waals surface area contributed by atoms with E-state index in [-0.39, 0.29) is 33.5 Å². The average molecular weight is 426 g/mol. The molecule has 6 nitrogen and oxygen atoms in total. The lowest BCUT2D eigenvalue weighted by molar-refractivity contribution is 0.0696. The van der Waals surface area contributed by atoms with Crippen molar-refractivity contribution in [1.29, 1.82) is 0 Å². The van der Waals surface area contributed by atoms with Gasteiger partial charge in [-0.15, -0.1) is 0 Å². The molecule has 4 rings (SSSR count). The first-order chi connectivity index (χ1) is 14.8. The van der Waals surface area contributed by atoms with E-state index >= 15 is 0 Å². The molecule has 156 valence electrons. The maximum Gasteiger partial charge on any atom is 0.335 e. The van der Waals surface area contributed by atoms with Crippen LogP contribution in [0.4, 0.5) is 13.2 Å². The molecule has 0 unspecified atom stereocenters. The molecule has 0 spiro atoms. The summed E-state index contributed by atoms with van der Waals surface area (Å²) in [5.41, 5.74) is -1.20. The van der Waals surface area contributed by atoms with Gasteiger partial charge in [0.2, 0.25) is 0 Å². The molecule has 0 saturated carbocycles. The summed E-state index contributed by atoms with van der Waals surface area (Å²) in [6, 6.07) is 10.6. The quantitative estimate of drug-likeness (QED) is 0.519. The van der Waals surface area contributed by atoms with Crippen LogP contribution in [-0.2, 0) is 0 Å². The lowest BCUT2D eigenvalue weighted by Crippen LogP contribution is -2.16. The summed E-state index contributed by atoms with van der Waals surface area (Å²) in [5.74, 6) is -4.96. The molecule has 0 atom stereocenters. The number of ether oxygens (including phenoxy) is 1. The Hall–Kier alpha value is -4.14. The van der Waals surface area contributed by atoms with E-state index in [4.69, 9.17) is 9.84 Å². The standard InChI is InChI=1S/C22H13F3N2O4/c1-31-17-7-3-5-14(24)19(17)21(28)27-16-6-2-4-13(23)18(16)20(26-27)12-9-8-11(22(29)30)10-15(12)25/h2-10H,1H3,(H,29,30). The largest absolute Gasteiger partial charge is 0.496 e. The van der Waals surface area contributed by atoms with E-state index in [1.165, 1.54) is 31.4 Å². The molecular weight excluding hydrogens is 413 g/mol. The third-order valence-corrected chi connectivity index (χ3v) is 4.73. The summed E-state index contributed by atoms with van der Waals surface area (Å²) in [6.45, 7) is 0. The molecule has 4 aromatic rings. The van der Waals surface area contributed by atoms with Crippen LogP contribution in [0.2, 0.25) is 0 Å². The Balaban J connectivity index is 1.98. The first-order valence-electron chi connectivity index (χ1n) is 8.91. The van der Waals surface area contributed by atoms with Crippen LogP contribution in [0, 0.1) is 17.5 Å². The highest BCUT2D eigenvalue weighted by atomic mass is 19.1. The van der Waals surface area contributed by atoms with Gasteiger partial charge in [0.05, 0.1) is 23.6 Å². The van der Waals surface area contributed by atoms with Gasteiger partial charge < -0.3 is 9.84 Å². The first kappa shape index (κ1) is 20.1. The molecular formula is C22H13F3N2O4. The molecule has 1 heterocycles. The van der Waals surface area contributed by atoms with Crippen LogP contribution in [0.25, 0.3) is 22.2 Å². The molecule has 0 amide bonds. The summed E-state index contributed by atoms with van der Waals surface area (Å²) in [4.78, 5) is 24.2. The van der Waals surface area contributed by atoms with Crippen LogP contribution in [0.3, 0.4) is 0 Å². The molecule has 1 aromatic heterocycles. The number of rotatable bonds is 4. The maximum atomic E-state index is 14.7. The van der Waals surface area contributed by atoms with Gasteiger partial charge in [-0.3, -0.25) is 4.79 Å². The van der Waals surface area contributed by atoms with Gasteiger partial charge in [-0.25, -0.2) is 18.0 Å². The van der Waals surface area contributed by atoms with E-state index in [9.17, 15) is 22.8 Å². The lowest BCUT2D eigenvalue weighted by atomic mass is 10.0. The smallest absolute Gasteiger partial charge is 0.335 e. The Morgan fingerprint density at radius 3 is 2.35 bits per heavy atom. The van der Waals surface area contributed by atoms with Crippen molar-refractivity contribution >= 4 is 22.8 Å². The number of aromatic carboxylic acids is 1. The zero-order valence-corrected chi connectivity index (χ0v) is 15.9. The van der Waals surface area contributed by atoms with Gasteiger partial charge in [-0.05, 0) is 42.5 Å². The number of carboxylic acids is 1. The molecule has 0 bridgehead atoms. The van der Waals surface area contributed by atoms with Gasteiger partial charge in [0.15, 0.2) is 0 Å². The molecule has 0 aliphatic carbocycles. The number of methoxy groups -OCH3 is 1. The molecule has 9 heteroatoms. The number of halogens is 3. The summed E-state index contributed by atoms with van der Waals surface area (Å²) >= 11 is 0. The van der Waals surface area contributed by atoms with E-state index in [2.05, 4.69) is 5.10 Å². The third kappa shape index (κ3) is 3.29. The van der Waals surface area contributed by atoms with Crippen molar-refractivity contribution in [2.75, 3.05) is 7.11 Å². The molecule has 31 heavy (non-hydrogen) atoms. The number of aromatic nitrogens is 2.